The van der Waals surface area contributed by atoms with Crippen LogP contribution in [-0.4, -0.2) is 57.0 Å². The van der Waals surface area contributed by atoms with Crippen LogP contribution in [0.15, 0.2) is 6.20 Å². The highest BCUT2D eigenvalue weighted by atomic mass is 16.2. The van der Waals surface area contributed by atoms with Crippen molar-refractivity contribution in [3.63, 3.8) is 0 Å². The van der Waals surface area contributed by atoms with Crippen molar-refractivity contribution in [2.24, 2.45) is 5.92 Å². The molecule has 2 amide bonds. The summed E-state index contributed by atoms with van der Waals surface area (Å²) in [4.78, 5) is 29.4. The van der Waals surface area contributed by atoms with E-state index in [4.69, 9.17) is 0 Å². The molecule has 0 bridgehead atoms. The van der Waals surface area contributed by atoms with Crippen LogP contribution in [0.1, 0.15) is 81.8 Å². The molecule has 6 heteroatoms. The van der Waals surface area contributed by atoms with Crippen LogP contribution in [0.5, 0.6) is 0 Å². The molecule has 0 unspecified atom stereocenters. The molecule has 0 aromatic carbocycles. The normalized spacial score (nSPS) is 25.0. The number of carbonyl (C=O) groups is 2. The van der Waals surface area contributed by atoms with Crippen molar-refractivity contribution in [3.05, 3.63) is 17.5 Å². The second-order valence-electron chi connectivity index (χ2n) is 8.29. The van der Waals surface area contributed by atoms with Crippen molar-refractivity contribution in [2.75, 3.05) is 13.1 Å². The summed E-state index contributed by atoms with van der Waals surface area (Å²) in [6.45, 7) is 9.68. The number of hydrogen-bond donors (Lipinski definition) is 1. The van der Waals surface area contributed by atoms with Gasteiger partial charge in [0.15, 0.2) is 0 Å². The zero-order chi connectivity index (χ0) is 18.8. The second-order valence-corrected chi connectivity index (χ2v) is 8.29. The Bertz CT molecular complexity index is 636. The minimum absolute atomic E-state index is 0.0397. The first-order valence-electron chi connectivity index (χ1n) is 10.0. The minimum Gasteiger partial charge on any atom is -0.342 e. The number of hydrogen-bond acceptors (Lipinski definition) is 3. The molecule has 2 aliphatic heterocycles. The van der Waals surface area contributed by atoms with E-state index in [1.807, 2.05) is 23.6 Å². The number of aromatic amines is 1. The van der Waals surface area contributed by atoms with Gasteiger partial charge in [0.1, 0.15) is 0 Å². The molecule has 2 fully saturated rings. The second kappa shape index (κ2) is 7.80. The van der Waals surface area contributed by atoms with Gasteiger partial charge in [-0.05, 0) is 46.0 Å². The summed E-state index contributed by atoms with van der Waals surface area (Å²) < 4.78 is 0. The van der Waals surface area contributed by atoms with Crippen LogP contribution in [-0.2, 0) is 4.79 Å². The maximum atomic E-state index is 13.2. The lowest BCUT2D eigenvalue weighted by atomic mass is 9.89. The highest BCUT2D eigenvalue weighted by Crippen LogP contribution is 2.32. The SMILES string of the molecule is CC(C)C(=O)N1CCC(c2[nH]ncc2C(=O)N2[C@H](C)CCC[C@@H]2C)CC1. The summed E-state index contributed by atoms with van der Waals surface area (Å²) in [5, 5.41) is 7.28. The van der Waals surface area contributed by atoms with Crippen molar-refractivity contribution in [1.82, 2.24) is 20.0 Å². The number of rotatable bonds is 3. The van der Waals surface area contributed by atoms with Gasteiger partial charge in [0.25, 0.3) is 5.91 Å². The third-order valence-corrected chi connectivity index (χ3v) is 6.04. The van der Waals surface area contributed by atoms with Crippen LogP contribution in [0.2, 0.25) is 0 Å². The molecule has 6 nitrogen and oxygen atoms in total. The Morgan fingerprint density at radius 1 is 1.12 bits per heavy atom. The average molecular weight is 361 g/mol. The molecule has 2 atom stereocenters. The van der Waals surface area contributed by atoms with Gasteiger partial charge in [0.05, 0.1) is 17.5 Å². The quantitative estimate of drug-likeness (QED) is 0.900. The van der Waals surface area contributed by atoms with Gasteiger partial charge in [-0.1, -0.05) is 13.8 Å². The van der Waals surface area contributed by atoms with Crippen molar-refractivity contribution in [3.8, 4) is 0 Å². The number of carbonyl (C=O) groups excluding carboxylic acids is 2. The topological polar surface area (TPSA) is 69.3 Å². The number of H-pyrrole nitrogens is 1. The summed E-state index contributed by atoms with van der Waals surface area (Å²) in [5.74, 6) is 0.635. The largest absolute Gasteiger partial charge is 0.342 e. The lowest BCUT2D eigenvalue weighted by Crippen LogP contribution is -2.47. The molecule has 0 saturated carbocycles. The maximum Gasteiger partial charge on any atom is 0.257 e. The molecule has 0 spiro atoms. The highest BCUT2D eigenvalue weighted by Gasteiger charge is 2.34. The molecule has 2 saturated heterocycles. The summed E-state index contributed by atoms with van der Waals surface area (Å²) in [6, 6.07) is 0.555. The fourth-order valence-electron chi connectivity index (χ4n) is 4.49. The molecule has 3 rings (SSSR count). The van der Waals surface area contributed by atoms with Crippen molar-refractivity contribution >= 4 is 11.8 Å². The molecule has 1 aromatic heterocycles. The van der Waals surface area contributed by atoms with Crippen molar-refractivity contribution in [1.29, 1.82) is 0 Å². The number of nitrogens with one attached hydrogen (secondary N) is 1. The summed E-state index contributed by atoms with van der Waals surface area (Å²) >= 11 is 0. The molecule has 1 N–H and O–H groups in total. The van der Waals surface area contributed by atoms with E-state index in [1.54, 1.807) is 6.20 Å². The molecule has 2 aliphatic rings. The van der Waals surface area contributed by atoms with E-state index >= 15 is 0 Å². The van der Waals surface area contributed by atoms with E-state index in [1.165, 1.54) is 6.42 Å². The Morgan fingerprint density at radius 3 is 2.31 bits per heavy atom. The van der Waals surface area contributed by atoms with Gasteiger partial charge in [-0.15, -0.1) is 0 Å². The van der Waals surface area contributed by atoms with E-state index in [0.29, 0.717) is 0 Å². The molecule has 144 valence electrons. The fourth-order valence-corrected chi connectivity index (χ4v) is 4.49. The van der Waals surface area contributed by atoms with Crippen LogP contribution in [0.4, 0.5) is 0 Å². The van der Waals surface area contributed by atoms with Crippen LogP contribution >= 0.6 is 0 Å². The monoisotopic (exact) mass is 360 g/mol. The Hall–Kier alpha value is -1.85. The Labute approximate surface area is 156 Å². The highest BCUT2D eigenvalue weighted by molar-refractivity contribution is 5.95. The van der Waals surface area contributed by atoms with Crippen LogP contribution in [0, 0.1) is 5.92 Å². The van der Waals surface area contributed by atoms with Crippen molar-refractivity contribution in [2.45, 2.75) is 77.8 Å². The molecule has 0 radical (unpaired) electrons. The van der Waals surface area contributed by atoms with Gasteiger partial charge in [0.2, 0.25) is 5.91 Å². The summed E-state index contributed by atoms with van der Waals surface area (Å²) in [5.41, 5.74) is 1.68. The molecular weight excluding hydrogens is 328 g/mol. The van der Waals surface area contributed by atoms with Gasteiger partial charge in [-0.2, -0.15) is 5.10 Å². The Morgan fingerprint density at radius 2 is 1.73 bits per heavy atom. The lowest BCUT2D eigenvalue weighted by Gasteiger charge is -2.39. The zero-order valence-electron chi connectivity index (χ0n) is 16.5. The third kappa shape index (κ3) is 3.64. The van der Waals surface area contributed by atoms with Gasteiger partial charge < -0.3 is 9.80 Å². The predicted octanol–water partition coefficient (Wildman–Crippen LogP) is 3.17. The van der Waals surface area contributed by atoms with E-state index in [9.17, 15) is 9.59 Å². The maximum absolute atomic E-state index is 13.2. The number of piperidine rings is 2. The van der Waals surface area contributed by atoms with Gasteiger partial charge in [0, 0.05) is 37.0 Å². The van der Waals surface area contributed by atoms with Crippen LogP contribution < -0.4 is 0 Å². The molecule has 26 heavy (non-hydrogen) atoms. The fraction of sp³-hybridized carbons (Fsp3) is 0.750. The summed E-state index contributed by atoms with van der Waals surface area (Å²) in [7, 11) is 0. The number of aromatic nitrogens is 2. The first kappa shape index (κ1) is 18.9. The Kier molecular flexibility index (Phi) is 5.68. The number of nitrogens with zero attached hydrogens (tertiary/aromatic N) is 3. The average Bonchev–Trinajstić information content (AvgIpc) is 3.10. The van der Waals surface area contributed by atoms with Gasteiger partial charge in [-0.3, -0.25) is 14.7 Å². The van der Waals surface area contributed by atoms with Crippen molar-refractivity contribution < 1.29 is 9.59 Å². The molecular formula is C20H32N4O2. The van der Waals surface area contributed by atoms with Crippen LogP contribution in [0.25, 0.3) is 0 Å². The minimum atomic E-state index is 0.0397. The lowest BCUT2D eigenvalue weighted by molar-refractivity contribution is -0.135. The van der Waals surface area contributed by atoms with E-state index in [0.717, 1.165) is 50.0 Å². The Balaban J connectivity index is 1.71. The third-order valence-electron chi connectivity index (χ3n) is 6.04. The molecule has 1 aromatic rings. The number of amides is 2. The zero-order valence-corrected chi connectivity index (χ0v) is 16.5. The first-order chi connectivity index (χ1) is 12.4. The van der Waals surface area contributed by atoms with E-state index in [-0.39, 0.29) is 35.7 Å². The standard InChI is InChI=1S/C20H32N4O2/c1-13(2)19(25)23-10-8-16(9-11-23)18-17(12-21-22-18)20(26)24-14(3)6-5-7-15(24)4/h12-16H,5-11H2,1-4H3,(H,21,22)/t14-,15+. The van der Waals surface area contributed by atoms with E-state index < -0.39 is 0 Å². The van der Waals surface area contributed by atoms with Gasteiger partial charge >= 0.3 is 0 Å². The predicted molar refractivity (Wildman–Crippen MR) is 101 cm³/mol. The first-order valence-corrected chi connectivity index (χ1v) is 10.0. The summed E-state index contributed by atoms with van der Waals surface area (Å²) in [6.07, 6.45) is 6.78. The smallest absolute Gasteiger partial charge is 0.257 e. The molecule has 0 aliphatic carbocycles. The number of likely N-dealkylation sites (tertiary alicyclic amines) is 2. The van der Waals surface area contributed by atoms with E-state index in [2.05, 4.69) is 24.0 Å². The van der Waals surface area contributed by atoms with Gasteiger partial charge in [-0.25, -0.2) is 0 Å². The molecule has 3 heterocycles. The van der Waals surface area contributed by atoms with Crippen LogP contribution in [0.3, 0.4) is 0 Å².